The van der Waals surface area contributed by atoms with E-state index in [9.17, 15) is 4.79 Å². The average molecular weight is 269 g/mol. The number of piperidine rings is 1. The number of nitrogens with one attached hydrogen (secondary N) is 1. The molecule has 5 heteroatoms. The van der Waals surface area contributed by atoms with E-state index in [1.54, 1.807) is 0 Å². The van der Waals surface area contributed by atoms with Crippen LogP contribution in [0.1, 0.15) is 32.1 Å². The standard InChI is InChI=1S/C11H20N2O.2ClH/c1-13-9-6-11(3-2-10(13)14)4-7-12-8-5-11;;/h12H,2-9H2,1H3;2*1H. The largest absolute Gasteiger partial charge is 0.346 e. The molecule has 2 aliphatic heterocycles. The van der Waals surface area contributed by atoms with Gasteiger partial charge in [0, 0.05) is 20.0 Å². The molecule has 1 spiro atoms. The summed E-state index contributed by atoms with van der Waals surface area (Å²) in [4.78, 5) is 13.4. The summed E-state index contributed by atoms with van der Waals surface area (Å²) in [5.74, 6) is 0.334. The van der Waals surface area contributed by atoms with E-state index in [0.29, 0.717) is 11.3 Å². The number of amides is 1. The molecule has 1 N–H and O–H groups in total. The molecule has 0 radical (unpaired) electrons. The average Bonchev–Trinajstić information content (AvgIpc) is 2.35. The van der Waals surface area contributed by atoms with Gasteiger partial charge in [0.2, 0.25) is 5.91 Å². The maximum Gasteiger partial charge on any atom is 0.222 e. The molecule has 0 unspecified atom stereocenters. The van der Waals surface area contributed by atoms with Crippen LogP contribution in [-0.4, -0.2) is 37.5 Å². The van der Waals surface area contributed by atoms with Crippen molar-refractivity contribution in [3.05, 3.63) is 0 Å². The minimum Gasteiger partial charge on any atom is -0.346 e. The number of carbonyl (C=O) groups is 1. The van der Waals surface area contributed by atoms with Crippen molar-refractivity contribution in [3.63, 3.8) is 0 Å². The quantitative estimate of drug-likeness (QED) is 0.727. The number of rotatable bonds is 0. The molecule has 16 heavy (non-hydrogen) atoms. The van der Waals surface area contributed by atoms with Crippen LogP contribution in [0.2, 0.25) is 0 Å². The molecule has 3 nitrogen and oxygen atoms in total. The Bertz CT molecular complexity index is 230. The fourth-order valence-corrected chi connectivity index (χ4v) is 2.67. The molecular weight excluding hydrogens is 247 g/mol. The van der Waals surface area contributed by atoms with Gasteiger partial charge in [0.25, 0.3) is 0 Å². The molecule has 2 aliphatic rings. The predicted molar refractivity (Wildman–Crippen MR) is 70.5 cm³/mol. The van der Waals surface area contributed by atoms with Crippen molar-refractivity contribution in [2.75, 3.05) is 26.7 Å². The highest BCUT2D eigenvalue weighted by Crippen LogP contribution is 2.39. The SMILES string of the molecule is CN1CCC2(CCNCC2)CCC1=O.Cl.Cl. The third kappa shape index (κ3) is 3.51. The molecule has 0 aromatic rings. The zero-order valence-corrected chi connectivity index (χ0v) is 11.5. The summed E-state index contributed by atoms with van der Waals surface area (Å²) in [5, 5.41) is 3.40. The highest BCUT2D eigenvalue weighted by atomic mass is 35.5. The minimum atomic E-state index is 0. The first-order chi connectivity index (χ1) is 6.72. The lowest BCUT2D eigenvalue weighted by Crippen LogP contribution is -2.37. The monoisotopic (exact) mass is 268 g/mol. The molecular formula is C11H22Cl2N2O. The smallest absolute Gasteiger partial charge is 0.222 e. The Morgan fingerprint density at radius 3 is 2.38 bits per heavy atom. The number of nitrogens with zero attached hydrogens (tertiary/aromatic N) is 1. The first-order valence-electron chi connectivity index (χ1n) is 5.67. The minimum absolute atomic E-state index is 0. The fraction of sp³-hybridized carbons (Fsp3) is 0.909. The molecule has 2 fully saturated rings. The van der Waals surface area contributed by atoms with Gasteiger partial charge >= 0.3 is 0 Å². The van der Waals surface area contributed by atoms with Crippen molar-refractivity contribution in [1.29, 1.82) is 0 Å². The van der Waals surface area contributed by atoms with E-state index < -0.39 is 0 Å². The van der Waals surface area contributed by atoms with Crippen LogP contribution in [0.5, 0.6) is 0 Å². The summed E-state index contributed by atoms with van der Waals surface area (Å²) in [6.07, 6.45) is 5.59. The molecule has 0 aromatic heterocycles. The zero-order chi connectivity index (χ0) is 10.0. The molecule has 2 rings (SSSR count). The van der Waals surface area contributed by atoms with E-state index in [1.165, 1.54) is 19.3 Å². The third-order valence-electron chi connectivity index (χ3n) is 3.94. The molecule has 0 atom stereocenters. The molecule has 1 amide bonds. The maximum absolute atomic E-state index is 11.6. The highest BCUT2D eigenvalue weighted by molar-refractivity contribution is 5.85. The predicted octanol–water partition coefficient (Wildman–Crippen LogP) is 1.84. The van der Waals surface area contributed by atoms with Crippen molar-refractivity contribution in [3.8, 4) is 0 Å². The Morgan fingerprint density at radius 1 is 1.12 bits per heavy atom. The summed E-state index contributed by atoms with van der Waals surface area (Å²) in [6, 6.07) is 0. The number of halogens is 2. The van der Waals surface area contributed by atoms with Crippen LogP contribution >= 0.6 is 24.8 Å². The second-order valence-corrected chi connectivity index (χ2v) is 4.82. The van der Waals surface area contributed by atoms with Gasteiger partial charge < -0.3 is 10.2 Å². The number of hydrogen-bond acceptors (Lipinski definition) is 2. The zero-order valence-electron chi connectivity index (χ0n) is 9.83. The Hall–Kier alpha value is 0.01000. The van der Waals surface area contributed by atoms with Crippen molar-refractivity contribution in [1.82, 2.24) is 10.2 Å². The molecule has 2 saturated heterocycles. The van der Waals surface area contributed by atoms with Crippen molar-refractivity contribution in [2.24, 2.45) is 5.41 Å². The number of carbonyl (C=O) groups excluding carboxylic acids is 1. The van der Waals surface area contributed by atoms with Crippen molar-refractivity contribution >= 4 is 30.7 Å². The molecule has 0 saturated carbocycles. The molecule has 0 aliphatic carbocycles. The van der Waals surface area contributed by atoms with Gasteiger partial charge in [0.15, 0.2) is 0 Å². The van der Waals surface area contributed by atoms with Gasteiger partial charge in [-0.3, -0.25) is 4.79 Å². The first-order valence-corrected chi connectivity index (χ1v) is 5.67. The summed E-state index contributed by atoms with van der Waals surface area (Å²) in [6.45, 7) is 3.23. The van der Waals surface area contributed by atoms with Crippen LogP contribution in [0, 0.1) is 5.41 Å². The summed E-state index contributed by atoms with van der Waals surface area (Å²) >= 11 is 0. The Labute approximate surface area is 110 Å². The normalized spacial score (nSPS) is 24.3. The van der Waals surface area contributed by atoms with Crippen LogP contribution in [0.3, 0.4) is 0 Å². The van der Waals surface area contributed by atoms with E-state index in [-0.39, 0.29) is 24.8 Å². The highest BCUT2D eigenvalue weighted by Gasteiger charge is 2.34. The van der Waals surface area contributed by atoms with Gasteiger partial charge in [-0.2, -0.15) is 0 Å². The van der Waals surface area contributed by atoms with Gasteiger partial charge in [0.05, 0.1) is 0 Å². The Balaban J connectivity index is 0.00000112. The van der Waals surface area contributed by atoms with Gasteiger partial charge in [-0.15, -0.1) is 24.8 Å². The summed E-state index contributed by atoms with van der Waals surface area (Å²) in [7, 11) is 1.93. The van der Waals surface area contributed by atoms with Gasteiger partial charge in [0.1, 0.15) is 0 Å². The van der Waals surface area contributed by atoms with Crippen molar-refractivity contribution in [2.45, 2.75) is 32.1 Å². The molecule has 96 valence electrons. The summed E-state index contributed by atoms with van der Waals surface area (Å²) < 4.78 is 0. The second kappa shape index (κ2) is 6.67. The second-order valence-electron chi connectivity index (χ2n) is 4.82. The molecule has 0 bridgehead atoms. The van der Waals surface area contributed by atoms with E-state index in [0.717, 1.165) is 32.5 Å². The first kappa shape index (κ1) is 16.0. The Kier molecular flexibility index (Phi) is 6.68. The molecule has 2 heterocycles. The van der Waals surface area contributed by atoms with Crippen molar-refractivity contribution < 1.29 is 4.79 Å². The number of likely N-dealkylation sites (tertiary alicyclic amines) is 1. The lowest BCUT2D eigenvalue weighted by molar-refractivity contribution is -0.129. The molecule has 0 aromatic carbocycles. The third-order valence-corrected chi connectivity index (χ3v) is 3.94. The van der Waals surface area contributed by atoms with E-state index in [4.69, 9.17) is 0 Å². The van der Waals surface area contributed by atoms with Gasteiger partial charge in [-0.05, 0) is 44.2 Å². The van der Waals surface area contributed by atoms with Crippen LogP contribution in [-0.2, 0) is 4.79 Å². The fourth-order valence-electron chi connectivity index (χ4n) is 2.67. The lowest BCUT2D eigenvalue weighted by Gasteiger charge is -2.36. The van der Waals surface area contributed by atoms with E-state index >= 15 is 0 Å². The lowest BCUT2D eigenvalue weighted by atomic mass is 9.73. The van der Waals surface area contributed by atoms with Crippen LogP contribution in [0.25, 0.3) is 0 Å². The van der Waals surface area contributed by atoms with Crippen LogP contribution < -0.4 is 5.32 Å². The van der Waals surface area contributed by atoms with Gasteiger partial charge in [-0.25, -0.2) is 0 Å². The van der Waals surface area contributed by atoms with E-state index in [1.807, 2.05) is 11.9 Å². The van der Waals surface area contributed by atoms with E-state index in [2.05, 4.69) is 5.32 Å². The van der Waals surface area contributed by atoms with Gasteiger partial charge in [-0.1, -0.05) is 0 Å². The Morgan fingerprint density at radius 2 is 1.75 bits per heavy atom. The van der Waals surface area contributed by atoms with Crippen LogP contribution in [0.4, 0.5) is 0 Å². The summed E-state index contributed by atoms with van der Waals surface area (Å²) in [5.41, 5.74) is 0.478. The number of hydrogen-bond donors (Lipinski definition) is 1. The van der Waals surface area contributed by atoms with Crippen LogP contribution in [0.15, 0.2) is 0 Å². The topological polar surface area (TPSA) is 32.3 Å². The maximum atomic E-state index is 11.6.